The van der Waals surface area contributed by atoms with E-state index in [4.69, 9.17) is 5.11 Å². The van der Waals surface area contributed by atoms with Crippen molar-refractivity contribution in [3.8, 4) is 11.5 Å². The molecule has 0 atom stereocenters. The molecule has 2 nitrogen and oxygen atoms in total. The summed E-state index contributed by atoms with van der Waals surface area (Å²) >= 11 is 2.67. The molecular weight excluding hydrogens is 272 g/mol. The van der Waals surface area contributed by atoms with Gasteiger partial charge in [0.15, 0.2) is 11.5 Å². The molecule has 0 bridgehead atoms. The number of halogens is 5. The zero-order valence-corrected chi connectivity index (χ0v) is 7.99. The average Bonchev–Trinajstić information content (AvgIpc) is 1.96. The van der Waals surface area contributed by atoms with Gasteiger partial charge < -0.3 is 9.84 Å². The molecular formula is C7H3BrF4O2. The molecule has 0 saturated heterocycles. The highest BCUT2D eigenvalue weighted by Gasteiger charge is 2.32. The highest BCUT2D eigenvalue weighted by molar-refractivity contribution is 9.10. The molecule has 1 aromatic rings. The normalized spacial score (nSPS) is 11.5. The summed E-state index contributed by atoms with van der Waals surface area (Å²) in [5.74, 6) is -2.73. The maximum absolute atomic E-state index is 12.6. The first-order valence-corrected chi connectivity index (χ1v) is 4.02. The van der Waals surface area contributed by atoms with E-state index in [0.29, 0.717) is 6.07 Å². The summed E-state index contributed by atoms with van der Waals surface area (Å²) in [6.07, 6.45) is -4.97. The minimum atomic E-state index is -4.97. The SMILES string of the molecule is Oc1c(Br)cc(F)cc1OC(F)(F)F. The van der Waals surface area contributed by atoms with E-state index in [9.17, 15) is 17.6 Å². The van der Waals surface area contributed by atoms with E-state index in [1.165, 1.54) is 0 Å². The van der Waals surface area contributed by atoms with E-state index >= 15 is 0 Å². The highest BCUT2D eigenvalue weighted by atomic mass is 79.9. The number of rotatable bonds is 1. The van der Waals surface area contributed by atoms with Crippen LogP contribution in [0.5, 0.6) is 11.5 Å². The third kappa shape index (κ3) is 2.76. The molecule has 0 radical (unpaired) electrons. The molecule has 0 fully saturated rings. The van der Waals surface area contributed by atoms with Gasteiger partial charge in [-0.05, 0) is 22.0 Å². The van der Waals surface area contributed by atoms with Crippen molar-refractivity contribution in [2.24, 2.45) is 0 Å². The number of phenolic OH excluding ortho intramolecular Hbond substituents is 1. The van der Waals surface area contributed by atoms with Gasteiger partial charge in [0, 0.05) is 6.07 Å². The first-order valence-electron chi connectivity index (χ1n) is 3.23. The number of hydrogen-bond acceptors (Lipinski definition) is 2. The molecule has 7 heteroatoms. The van der Waals surface area contributed by atoms with Crippen LogP contribution in [0.4, 0.5) is 17.6 Å². The summed E-state index contributed by atoms with van der Waals surface area (Å²) in [6.45, 7) is 0. The van der Waals surface area contributed by atoms with Gasteiger partial charge in [0.25, 0.3) is 0 Å². The van der Waals surface area contributed by atoms with Crippen LogP contribution in [0.1, 0.15) is 0 Å². The van der Waals surface area contributed by atoms with E-state index in [1.807, 2.05) is 0 Å². The lowest BCUT2D eigenvalue weighted by atomic mass is 10.3. The Morgan fingerprint density at radius 3 is 2.36 bits per heavy atom. The first-order chi connectivity index (χ1) is 6.29. The van der Waals surface area contributed by atoms with Gasteiger partial charge in [-0.15, -0.1) is 13.2 Å². The van der Waals surface area contributed by atoms with Gasteiger partial charge in [-0.3, -0.25) is 0 Å². The van der Waals surface area contributed by atoms with Crippen LogP contribution in [-0.4, -0.2) is 11.5 Å². The predicted molar refractivity (Wildman–Crippen MR) is 42.4 cm³/mol. The molecule has 78 valence electrons. The molecule has 14 heavy (non-hydrogen) atoms. The Kier molecular flexibility index (Phi) is 2.89. The Morgan fingerprint density at radius 1 is 1.29 bits per heavy atom. The molecule has 0 saturated carbocycles. The second-order valence-electron chi connectivity index (χ2n) is 2.28. The molecule has 1 aromatic carbocycles. The van der Waals surface area contributed by atoms with Crippen LogP contribution in [-0.2, 0) is 0 Å². The van der Waals surface area contributed by atoms with Crippen molar-refractivity contribution in [3.05, 3.63) is 22.4 Å². The second kappa shape index (κ2) is 3.64. The minimum absolute atomic E-state index is 0.211. The fourth-order valence-electron chi connectivity index (χ4n) is 0.745. The standard InChI is InChI=1S/C7H3BrF4O2/c8-4-1-3(9)2-5(6(4)13)14-7(10,11)12/h1-2,13H. The van der Waals surface area contributed by atoms with E-state index in [0.717, 1.165) is 6.07 Å². The molecule has 1 rings (SSSR count). The zero-order valence-electron chi connectivity index (χ0n) is 6.40. The van der Waals surface area contributed by atoms with Gasteiger partial charge in [0.2, 0.25) is 0 Å². The second-order valence-corrected chi connectivity index (χ2v) is 3.14. The summed E-state index contributed by atoms with van der Waals surface area (Å²) in [5, 5.41) is 9.05. The monoisotopic (exact) mass is 274 g/mol. The maximum atomic E-state index is 12.6. The lowest BCUT2D eigenvalue weighted by Gasteiger charge is -2.10. The molecule has 0 aromatic heterocycles. The Hall–Kier alpha value is -0.980. The molecule has 0 spiro atoms. The summed E-state index contributed by atoms with van der Waals surface area (Å²) < 4.78 is 50.9. The Bertz CT molecular complexity index is 350. The summed E-state index contributed by atoms with van der Waals surface area (Å²) in [4.78, 5) is 0. The summed E-state index contributed by atoms with van der Waals surface area (Å²) in [5.41, 5.74) is 0. The molecule has 0 heterocycles. The molecule has 0 amide bonds. The van der Waals surface area contributed by atoms with Gasteiger partial charge in [-0.1, -0.05) is 0 Å². The largest absolute Gasteiger partial charge is 0.573 e. The van der Waals surface area contributed by atoms with Crippen molar-refractivity contribution < 1.29 is 27.4 Å². The number of ether oxygens (including phenoxy) is 1. The van der Waals surface area contributed by atoms with Crippen molar-refractivity contribution in [2.75, 3.05) is 0 Å². The molecule has 1 N–H and O–H groups in total. The van der Waals surface area contributed by atoms with Crippen molar-refractivity contribution in [3.63, 3.8) is 0 Å². The van der Waals surface area contributed by atoms with Crippen LogP contribution >= 0.6 is 15.9 Å². The van der Waals surface area contributed by atoms with Crippen LogP contribution in [0, 0.1) is 5.82 Å². The van der Waals surface area contributed by atoms with Gasteiger partial charge in [0.05, 0.1) is 4.47 Å². The van der Waals surface area contributed by atoms with Crippen molar-refractivity contribution in [2.45, 2.75) is 6.36 Å². The number of benzene rings is 1. The molecule has 0 aliphatic rings. The van der Waals surface area contributed by atoms with E-state index in [2.05, 4.69) is 20.7 Å². The summed E-state index contributed by atoms with van der Waals surface area (Å²) in [6, 6.07) is 1.26. The quantitative estimate of drug-likeness (QED) is 0.797. The molecule has 0 aliphatic carbocycles. The summed E-state index contributed by atoms with van der Waals surface area (Å²) in [7, 11) is 0. The Labute approximate surface area is 84.2 Å². The van der Waals surface area contributed by atoms with Crippen molar-refractivity contribution in [1.82, 2.24) is 0 Å². The molecule has 0 aliphatic heterocycles. The average molecular weight is 275 g/mol. The Morgan fingerprint density at radius 2 is 1.86 bits per heavy atom. The number of alkyl halides is 3. The van der Waals surface area contributed by atoms with Crippen LogP contribution in [0.25, 0.3) is 0 Å². The van der Waals surface area contributed by atoms with E-state index < -0.39 is 23.7 Å². The van der Waals surface area contributed by atoms with E-state index in [1.54, 1.807) is 0 Å². The number of hydrogen-bond donors (Lipinski definition) is 1. The lowest BCUT2D eigenvalue weighted by molar-refractivity contribution is -0.275. The van der Waals surface area contributed by atoms with Crippen LogP contribution in [0.2, 0.25) is 0 Å². The van der Waals surface area contributed by atoms with Crippen LogP contribution in [0.3, 0.4) is 0 Å². The lowest BCUT2D eigenvalue weighted by Crippen LogP contribution is -2.17. The maximum Gasteiger partial charge on any atom is 0.573 e. The predicted octanol–water partition coefficient (Wildman–Crippen LogP) is 3.19. The third-order valence-electron chi connectivity index (χ3n) is 1.22. The topological polar surface area (TPSA) is 29.5 Å². The Balaban J connectivity index is 3.09. The van der Waals surface area contributed by atoms with Gasteiger partial charge in [0.1, 0.15) is 5.82 Å². The van der Waals surface area contributed by atoms with Gasteiger partial charge in [-0.2, -0.15) is 0 Å². The van der Waals surface area contributed by atoms with Crippen LogP contribution < -0.4 is 4.74 Å². The fraction of sp³-hybridized carbons (Fsp3) is 0.143. The van der Waals surface area contributed by atoms with Crippen LogP contribution in [0.15, 0.2) is 16.6 Å². The van der Waals surface area contributed by atoms with Gasteiger partial charge in [-0.25, -0.2) is 4.39 Å². The third-order valence-corrected chi connectivity index (χ3v) is 1.82. The van der Waals surface area contributed by atoms with Gasteiger partial charge >= 0.3 is 6.36 Å². The number of aromatic hydroxyl groups is 1. The van der Waals surface area contributed by atoms with E-state index in [-0.39, 0.29) is 4.47 Å². The highest BCUT2D eigenvalue weighted by Crippen LogP contribution is 2.37. The fourth-order valence-corrected chi connectivity index (χ4v) is 1.16. The zero-order chi connectivity index (χ0) is 10.9. The first kappa shape index (κ1) is 11.1. The number of phenols is 1. The molecule has 0 unspecified atom stereocenters. The van der Waals surface area contributed by atoms with Crippen molar-refractivity contribution >= 4 is 15.9 Å². The minimum Gasteiger partial charge on any atom is -0.503 e. The van der Waals surface area contributed by atoms with Crippen molar-refractivity contribution in [1.29, 1.82) is 0 Å². The smallest absolute Gasteiger partial charge is 0.503 e.